The van der Waals surface area contributed by atoms with Crippen molar-refractivity contribution in [2.24, 2.45) is 5.92 Å². The van der Waals surface area contributed by atoms with Gasteiger partial charge in [-0.3, -0.25) is 4.98 Å². The van der Waals surface area contributed by atoms with Crippen LogP contribution in [-0.4, -0.2) is 54.9 Å². The number of benzene rings is 1. The van der Waals surface area contributed by atoms with Crippen molar-refractivity contribution in [3.05, 3.63) is 48.2 Å². The van der Waals surface area contributed by atoms with E-state index in [-0.39, 0.29) is 5.97 Å². The molecule has 1 fully saturated rings. The fraction of sp³-hybridized carbons (Fsp3) is 0.520. The monoisotopic (exact) mass is 428 g/mol. The molecule has 1 aromatic carbocycles. The van der Waals surface area contributed by atoms with Crippen molar-refractivity contribution in [3.63, 3.8) is 0 Å². The summed E-state index contributed by atoms with van der Waals surface area (Å²) in [6.45, 7) is 6.89. The number of carbonyl (C=O) groups is 1. The Labute approximate surface area is 184 Å². The maximum absolute atomic E-state index is 14.6. The molecule has 168 valence electrons. The summed E-state index contributed by atoms with van der Waals surface area (Å²) < 4.78 is 25.4. The number of carbonyl (C=O) groups excluding carboxylic acids is 1. The Balaban J connectivity index is 1.49. The first-order chi connectivity index (χ1) is 15.0. The van der Waals surface area contributed by atoms with Crippen LogP contribution in [0, 0.1) is 5.92 Å². The van der Waals surface area contributed by atoms with Crippen molar-refractivity contribution in [1.29, 1.82) is 0 Å². The van der Waals surface area contributed by atoms with Crippen molar-refractivity contribution < 1.29 is 18.7 Å². The molecule has 2 aromatic rings. The highest BCUT2D eigenvalue weighted by atomic mass is 19.1. The molecule has 0 unspecified atom stereocenters. The third-order valence-corrected chi connectivity index (χ3v) is 6.28. The lowest BCUT2D eigenvalue weighted by Crippen LogP contribution is -2.44. The van der Waals surface area contributed by atoms with E-state index in [2.05, 4.69) is 9.88 Å². The Kier molecular flexibility index (Phi) is 8.02. The van der Waals surface area contributed by atoms with Gasteiger partial charge < -0.3 is 14.4 Å². The second kappa shape index (κ2) is 10.7. The first-order valence-electron chi connectivity index (χ1n) is 11.1. The minimum Gasteiger partial charge on any atom is -0.492 e. The van der Waals surface area contributed by atoms with Gasteiger partial charge in [-0.25, -0.2) is 9.18 Å². The van der Waals surface area contributed by atoms with E-state index in [1.54, 1.807) is 18.3 Å². The maximum atomic E-state index is 14.6. The molecular formula is C25H33FN2O3. The number of piperidine rings is 1. The number of aromatic nitrogens is 1. The Hall–Kier alpha value is -2.47. The molecule has 2 heterocycles. The van der Waals surface area contributed by atoms with Gasteiger partial charge in [0.15, 0.2) is 0 Å². The quantitative estimate of drug-likeness (QED) is 0.517. The van der Waals surface area contributed by atoms with Crippen LogP contribution >= 0.6 is 0 Å². The zero-order chi connectivity index (χ0) is 22.3. The number of ether oxygens (including phenoxy) is 2. The van der Waals surface area contributed by atoms with Gasteiger partial charge in [0.2, 0.25) is 0 Å². The normalized spacial score (nSPS) is 15.6. The summed E-state index contributed by atoms with van der Waals surface area (Å²) in [4.78, 5) is 18.5. The number of rotatable bonds is 9. The zero-order valence-electron chi connectivity index (χ0n) is 18.8. The minimum atomic E-state index is -1.06. The van der Waals surface area contributed by atoms with Gasteiger partial charge in [-0.05, 0) is 69.0 Å². The van der Waals surface area contributed by atoms with Gasteiger partial charge in [0, 0.05) is 12.1 Å². The van der Waals surface area contributed by atoms with E-state index >= 15 is 0 Å². The Bertz CT molecular complexity index is 844. The molecule has 0 radical (unpaired) electrons. The van der Waals surface area contributed by atoms with Crippen molar-refractivity contribution in [3.8, 4) is 17.0 Å². The fourth-order valence-corrected chi connectivity index (χ4v) is 3.96. The molecule has 5 nitrogen and oxygen atoms in total. The number of methoxy groups -OCH3 is 1. The molecule has 1 aliphatic rings. The second-order valence-electron chi connectivity index (χ2n) is 8.34. The predicted molar refractivity (Wildman–Crippen MR) is 120 cm³/mol. The Morgan fingerprint density at radius 3 is 2.55 bits per heavy atom. The van der Waals surface area contributed by atoms with Crippen LogP contribution in [0.4, 0.5) is 4.39 Å². The van der Waals surface area contributed by atoms with Crippen molar-refractivity contribution >= 4 is 5.97 Å². The lowest BCUT2D eigenvalue weighted by atomic mass is 9.94. The van der Waals surface area contributed by atoms with E-state index in [0.717, 1.165) is 42.9 Å². The topological polar surface area (TPSA) is 51.7 Å². The third-order valence-electron chi connectivity index (χ3n) is 6.28. The largest absolute Gasteiger partial charge is 0.492 e. The van der Waals surface area contributed by atoms with Crippen LogP contribution in [-0.2, 0) is 4.74 Å². The van der Waals surface area contributed by atoms with Crippen LogP contribution in [0.1, 0.15) is 49.9 Å². The number of esters is 1. The molecule has 0 saturated carbocycles. The number of alkyl halides is 1. The van der Waals surface area contributed by atoms with Gasteiger partial charge in [-0.2, -0.15) is 0 Å². The molecule has 0 aliphatic carbocycles. The Morgan fingerprint density at radius 2 is 1.94 bits per heavy atom. The summed E-state index contributed by atoms with van der Waals surface area (Å²) in [5, 5.41) is 0. The highest BCUT2D eigenvalue weighted by molar-refractivity contribution is 5.90. The van der Waals surface area contributed by atoms with Gasteiger partial charge in [-0.15, -0.1) is 0 Å². The summed E-state index contributed by atoms with van der Waals surface area (Å²) >= 11 is 0. The molecule has 6 heteroatoms. The molecule has 1 saturated heterocycles. The maximum Gasteiger partial charge on any atom is 0.337 e. The molecule has 0 bridgehead atoms. The summed E-state index contributed by atoms with van der Waals surface area (Å²) in [5.74, 6) is 0.842. The molecule has 0 N–H and O–H groups in total. The van der Waals surface area contributed by atoms with Crippen molar-refractivity contribution in [2.45, 2.75) is 45.2 Å². The van der Waals surface area contributed by atoms with Crippen LogP contribution in [0.5, 0.6) is 5.75 Å². The number of nitrogens with zero attached hydrogens (tertiary/aromatic N) is 2. The molecule has 3 rings (SSSR count). The third kappa shape index (κ3) is 6.26. The summed E-state index contributed by atoms with van der Waals surface area (Å²) in [7, 11) is 1.37. The average molecular weight is 429 g/mol. The van der Waals surface area contributed by atoms with E-state index in [1.165, 1.54) is 7.11 Å². The number of pyridine rings is 1. The van der Waals surface area contributed by atoms with Crippen LogP contribution < -0.4 is 4.74 Å². The van der Waals surface area contributed by atoms with Gasteiger partial charge in [-0.1, -0.05) is 26.0 Å². The summed E-state index contributed by atoms with van der Waals surface area (Å²) in [6, 6.07) is 11.0. The van der Waals surface area contributed by atoms with E-state index in [9.17, 15) is 9.18 Å². The standard InChI is InChI=1S/C25H33FN2O3/c1-4-25(26,5-2)18-28-13-11-19(12-14-28)17-31-22-9-10-23(27-16-22)20-7-6-8-21(15-20)24(29)30-3/h6-10,15-16,19H,4-5,11-14,17-18H2,1-3H3. The van der Waals surface area contributed by atoms with Gasteiger partial charge in [0.1, 0.15) is 11.4 Å². The van der Waals surface area contributed by atoms with E-state index in [4.69, 9.17) is 9.47 Å². The van der Waals surface area contributed by atoms with E-state index in [1.807, 2.05) is 38.1 Å². The van der Waals surface area contributed by atoms with Gasteiger partial charge >= 0.3 is 5.97 Å². The Morgan fingerprint density at radius 1 is 1.19 bits per heavy atom. The molecular weight excluding hydrogens is 395 g/mol. The average Bonchev–Trinajstić information content (AvgIpc) is 2.83. The van der Waals surface area contributed by atoms with E-state index < -0.39 is 5.67 Å². The fourth-order valence-electron chi connectivity index (χ4n) is 3.96. The lowest BCUT2D eigenvalue weighted by Gasteiger charge is -2.36. The first kappa shape index (κ1) is 23.2. The number of likely N-dealkylation sites (tertiary alicyclic amines) is 1. The number of halogens is 1. The molecule has 1 aliphatic heterocycles. The number of hydrogen-bond donors (Lipinski definition) is 0. The predicted octanol–water partition coefficient (Wildman–Crippen LogP) is 5.15. The molecule has 0 spiro atoms. The minimum absolute atomic E-state index is 0.366. The number of hydrogen-bond acceptors (Lipinski definition) is 5. The van der Waals surface area contributed by atoms with Crippen molar-refractivity contribution in [1.82, 2.24) is 9.88 Å². The molecule has 31 heavy (non-hydrogen) atoms. The lowest BCUT2D eigenvalue weighted by molar-refractivity contribution is 0.0568. The SMILES string of the molecule is CCC(F)(CC)CN1CCC(COc2ccc(-c3cccc(C(=O)OC)c3)nc2)CC1. The molecule has 0 amide bonds. The first-order valence-corrected chi connectivity index (χ1v) is 11.1. The molecule has 1 aromatic heterocycles. The van der Waals surface area contributed by atoms with Crippen LogP contribution in [0.25, 0.3) is 11.3 Å². The van der Waals surface area contributed by atoms with Crippen LogP contribution in [0.2, 0.25) is 0 Å². The van der Waals surface area contributed by atoms with Gasteiger partial charge in [0.25, 0.3) is 0 Å². The summed E-state index contributed by atoms with van der Waals surface area (Å²) in [6.07, 6.45) is 4.91. The highest BCUT2D eigenvalue weighted by Crippen LogP contribution is 2.26. The summed E-state index contributed by atoms with van der Waals surface area (Å²) in [5.41, 5.74) is 1.06. The highest BCUT2D eigenvalue weighted by Gasteiger charge is 2.30. The zero-order valence-corrected chi connectivity index (χ0v) is 18.8. The van der Waals surface area contributed by atoms with Crippen molar-refractivity contribution in [2.75, 3.05) is 33.4 Å². The van der Waals surface area contributed by atoms with Crippen LogP contribution in [0.3, 0.4) is 0 Å². The smallest absolute Gasteiger partial charge is 0.337 e. The van der Waals surface area contributed by atoms with Gasteiger partial charge in [0.05, 0.1) is 31.2 Å². The second-order valence-corrected chi connectivity index (χ2v) is 8.34. The van der Waals surface area contributed by atoms with Crippen LogP contribution in [0.15, 0.2) is 42.6 Å². The van der Waals surface area contributed by atoms with E-state index in [0.29, 0.717) is 37.5 Å². The molecule has 0 atom stereocenters.